The molecule has 0 fully saturated rings. The number of rotatable bonds is 3. The zero-order valence-corrected chi connectivity index (χ0v) is 8.66. The minimum absolute atomic E-state index is 0.242. The summed E-state index contributed by atoms with van der Waals surface area (Å²) in [6, 6.07) is 6.79. The van der Waals surface area contributed by atoms with Crippen molar-refractivity contribution in [1.82, 2.24) is 0 Å². The van der Waals surface area contributed by atoms with Crippen LogP contribution in [0.3, 0.4) is 0 Å². The van der Waals surface area contributed by atoms with Gasteiger partial charge in [0.05, 0.1) is 11.9 Å². The molecule has 0 aliphatic rings. The Hall–Kier alpha value is -0.910. The normalized spacial score (nSPS) is 13.9. The number of nitrogens with two attached hydrogens (primary N) is 1. The highest BCUT2D eigenvalue weighted by atomic mass is 32.2. The molecule has 4 nitrogen and oxygen atoms in total. The van der Waals surface area contributed by atoms with Crippen molar-refractivity contribution in [2.75, 3.05) is 0 Å². The fraction of sp³-hybridized carbons (Fsp3) is 0.333. The van der Waals surface area contributed by atoms with Gasteiger partial charge in [0.25, 0.3) is 0 Å². The minimum atomic E-state index is -3.54. The Kier molecular flexibility index (Phi) is 3.25. The molecule has 1 rings (SSSR count). The van der Waals surface area contributed by atoms with Gasteiger partial charge >= 0.3 is 0 Å². The van der Waals surface area contributed by atoms with E-state index in [2.05, 4.69) is 0 Å². The Balaban J connectivity index is 3.08. The van der Waals surface area contributed by atoms with E-state index in [9.17, 15) is 13.5 Å². The zero-order valence-electron chi connectivity index (χ0n) is 7.84. The second kappa shape index (κ2) is 4.08. The van der Waals surface area contributed by atoms with Crippen LogP contribution in [-0.4, -0.2) is 13.5 Å². The van der Waals surface area contributed by atoms with E-state index in [1.165, 1.54) is 0 Å². The first-order valence-electron chi connectivity index (χ1n) is 4.16. The Morgan fingerprint density at radius 1 is 1.43 bits per heavy atom. The standard InChI is InChI=1S/C9H13NO3S/c1-7(11)9-5-3-2-4-8(9)6-14(10,12)13/h2-5,7,11H,6H2,1H3,(H2,10,12,13). The molecular formula is C9H13NO3S. The molecule has 14 heavy (non-hydrogen) atoms. The fourth-order valence-corrected chi connectivity index (χ4v) is 1.99. The van der Waals surface area contributed by atoms with Gasteiger partial charge in [0.15, 0.2) is 0 Å². The maximum absolute atomic E-state index is 10.9. The molecule has 1 unspecified atom stereocenters. The fourth-order valence-electron chi connectivity index (χ4n) is 1.29. The molecule has 1 atom stereocenters. The summed E-state index contributed by atoms with van der Waals surface area (Å²) in [7, 11) is -3.54. The van der Waals surface area contributed by atoms with E-state index in [4.69, 9.17) is 5.14 Å². The summed E-state index contributed by atoms with van der Waals surface area (Å²) < 4.78 is 21.7. The molecule has 0 amide bonds. The van der Waals surface area contributed by atoms with Crippen LogP contribution >= 0.6 is 0 Å². The highest BCUT2D eigenvalue weighted by molar-refractivity contribution is 7.88. The highest BCUT2D eigenvalue weighted by Gasteiger charge is 2.11. The van der Waals surface area contributed by atoms with E-state index in [1.54, 1.807) is 31.2 Å². The van der Waals surface area contributed by atoms with Gasteiger partial charge in [-0.05, 0) is 18.1 Å². The average Bonchev–Trinajstić information content (AvgIpc) is 2.01. The molecule has 78 valence electrons. The Morgan fingerprint density at radius 2 is 2.00 bits per heavy atom. The maximum Gasteiger partial charge on any atom is 0.213 e. The number of hydrogen-bond acceptors (Lipinski definition) is 3. The van der Waals surface area contributed by atoms with Gasteiger partial charge in [0, 0.05) is 0 Å². The predicted octanol–water partition coefficient (Wildman–Crippen LogP) is 0.528. The molecule has 1 aromatic rings. The summed E-state index contributed by atoms with van der Waals surface area (Å²) in [5, 5.41) is 14.3. The van der Waals surface area contributed by atoms with Gasteiger partial charge in [0.2, 0.25) is 10.0 Å². The lowest BCUT2D eigenvalue weighted by Gasteiger charge is -2.10. The number of primary sulfonamides is 1. The third-order valence-corrected chi connectivity index (χ3v) is 2.58. The van der Waals surface area contributed by atoms with Crippen LogP contribution < -0.4 is 5.14 Å². The number of hydrogen-bond donors (Lipinski definition) is 2. The van der Waals surface area contributed by atoms with Crippen molar-refractivity contribution in [3.05, 3.63) is 35.4 Å². The molecule has 0 radical (unpaired) electrons. The molecule has 0 aromatic heterocycles. The number of aliphatic hydroxyl groups excluding tert-OH is 1. The van der Waals surface area contributed by atoms with Crippen molar-refractivity contribution < 1.29 is 13.5 Å². The third kappa shape index (κ3) is 3.10. The molecule has 0 aliphatic heterocycles. The Labute approximate surface area is 83.4 Å². The average molecular weight is 215 g/mol. The van der Waals surface area contributed by atoms with E-state index in [-0.39, 0.29) is 5.75 Å². The van der Waals surface area contributed by atoms with Crippen molar-refractivity contribution in [3.63, 3.8) is 0 Å². The molecular weight excluding hydrogens is 202 g/mol. The summed E-state index contributed by atoms with van der Waals surface area (Å²) in [5.74, 6) is -0.242. The van der Waals surface area contributed by atoms with E-state index in [0.29, 0.717) is 11.1 Å². The largest absolute Gasteiger partial charge is 0.389 e. The Bertz CT molecular complexity index is 412. The molecule has 0 saturated heterocycles. The molecule has 0 spiro atoms. The smallest absolute Gasteiger partial charge is 0.213 e. The SMILES string of the molecule is CC(O)c1ccccc1CS(N)(=O)=O. The van der Waals surface area contributed by atoms with E-state index < -0.39 is 16.1 Å². The first kappa shape index (κ1) is 11.2. The van der Waals surface area contributed by atoms with Crippen LogP contribution in [0.25, 0.3) is 0 Å². The monoisotopic (exact) mass is 215 g/mol. The van der Waals surface area contributed by atoms with Gasteiger partial charge in [-0.25, -0.2) is 13.6 Å². The van der Waals surface area contributed by atoms with Gasteiger partial charge in [0.1, 0.15) is 0 Å². The lowest BCUT2D eigenvalue weighted by Crippen LogP contribution is -2.16. The lowest BCUT2D eigenvalue weighted by molar-refractivity contribution is 0.198. The van der Waals surface area contributed by atoms with Crippen molar-refractivity contribution in [2.45, 2.75) is 18.8 Å². The first-order valence-corrected chi connectivity index (χ1v) is 5.88. The van der Waals surface area contributed by atoms with Crippen molar-refractivity contribution in [2.24, 2.45) is 5.14 Å². The number of aliphatic hydroxyl groups is 1. The Morgan fingerprint density at radius 3 is 2.50 bits per heavy atom. The van der Waals surface area contributed by atoms with E-state index in [1.807, 2.05) is 0 Å². The van der Waals surface area contributed by atoms with Crippen molar-refractivity contribution in [1.29, 1.82) is 0 Å². The van der Waals surface area contributed by atoms with Crippen LogP contribution in [0, 0.1) is 0 Å². The van der Waals surface area contributed by atoms with Gasteiger partial charge in [-0.15, -0.1) is 0 Å². The van der Waals surface area contributed by atoms with Gasteiger partial charge < -0.3 is 5.11 Å². The summed E-state index contributed by atoms with van der Waals surface area (Å²) >= 11 is 0. The first-order chi connectivity index (χ1) is 6.40. The lowest BCUT2D eigenvalue weighted by atomic mass is 10.1. The maximum atomic E-state index is 10.9. The summed E-state index contributed by atoms with van der Waals surface area (Å²) in [6.07, 6.45) is -0.687. The van der Waals surface area contributed by atoms with E-state index >= 15 is 0 Å². The summed E-state index contributed by atoms with van der Waals surface area (Å²) in [6.45, 7) is 1.59. The van der Waals surface area contributed by atoms with Crippen LogP contribution in [0.15, 0.2) is 24.3 Å². The quantitative estimate of drug-likeness (QED) is 0.771. The van der Waals surface area contributed by atoms with Gasteiger partial charge in [-0.2, -0.15) is 0 Å². The second-order valence-corrected chi connectivity index (χ2v) is 4.80. The molecule has 0 aliphatic carbocycles. The van der Waals surface area contributed by atoms with Crippen LogP contribution in [0.2, 0.25) is 0 Å². The van der Waals surface area contributed by atoms with Crippen LogP contribution in [0.1, 0.15) is 24.2 Å². The molecule has 0 saturated carbocycles. The highest BCUT2D eigenvalue weighted by Crippen LogP contribution is 2.18. The summed E-state index contributed by atoms with van der Waals surface area (Å²) in [4.78, 5) is 0. The molecule has 1 aromatic carbocycles. The third-order valence-electron chi connectivity index (χ3n) is 1.86. The van der Waals surface area contributed by atoms with Crippen LogP contribution in [0.5, 0.6) is 0 Å². The molecule has 3 N–H and O–H groups in total. The molecule has 0 heterocycles. The zero-order chi connectivity index (χ0) is 10.8. The van der Waals surface area contributed by atoms with Gasteiger partial charge in [-0.1, -0.05) is 24.3 Å². The molecule has 0 bridgehead atoms. The van der Waals surface area contributed by atoms with Crippen molar-refractivity contribution in [3.8, 4) is 0 Å². The topological polar surface area (TPSA) is 80.4 Å². The minimum Gasteiger partial charge on any atom is -0.389 e. The van der Waals surface area contributed by atoms with Crippen molar-refractivity contribution >= 4 is 10.0 Å². The van der Waals surface area contributed by atoms with Crippen LogP contribution in [0.4, 0.5) is 0 Å². The van der Waals surface area contributed by atoms with E-state index in [0.717, 1.165) is 0 Å². The number of sulfonamides is 1. The molecule has 5 heteroatoms. The number of benzene rings is 1. The summed E-state index contributed by atoms with van der Waals surface area (Å²) in [5.41, 5.74) is 1.14. The predicted molar refractivity (Wildman–Crippen MR) is 53.9 cm³/mol. The van der Waals surface area contributed by atoms with Crippen LogP contribution in [-0.2, 0) is 15.8 Å². The van der Waals surface area contributed by atoms with Gasteiger partial charge in [-0.3, -0.25) is 0 Å². The second-order valence-electron chi connectivity index (χ2n) is 3.18.